The van der Waals surface area contributed by atoms with Gasteiger partial charge in [-0.05, 0) is 36.6 Å². The van der Waals surface area contributed by atoms with E-state index in [1.54, 1.807) is 23.1 Å². The number of pyridine rings is 1. The summed E-state index contributed by atoms with van der Waals surface area (Å²) in [5.41, 5.74) is 0.988. The van der Waals surface area contributed by atoms with Crippen LogP contribution in [0.4, 0.5) is 4.39 Å². The van der Waals surface area contributed by atoms with Gasteiger partial charge in [-0.2, -0.15) is 0 Å². The zero-order chi connectivity index (χ0) is 17.2. The number of likely N-dealkylation sites (tertiary alicyclic amines) is 1. The van der Waals surface area contributed by atoms with Crippen molar-refractivity contribution in [2.24, 2.45) is 5.41 Å². The van der Waals surface area contributed by atoms with E-state index in [2.05, 4.69) is 4.98 Å². The molecule has 0 spiro atoms. The summed E-state index contributed by atoms with van der Waals surface area (Å²) in [5, 5.41) is 10.3. The molecule has 4 nitrogen and oxygen atoms in total. The van der Waals surface area contributed by atoms with Crippen LogP contribution in [0.25, 0.3) is 0 Å². The lowest BCUT2D eigenvalue weighted by Gasteiger charge is -2.27. The Morgan fingerprint density at radius 2 is 2.08 bits per heavy atom. The number of aliphatic hydroxyl groups excluding tert-OH is 1. The largest absolute Gasteiger partial charge is 0.396 e. The highest BCUT2D eigenvalue weighted by atomic mass is 35.5. The van der Waals surface area contributed by atoms with Gasteiger partial charge in [0, 0.05) is 30.9 Å². The summed E-state index contributed by atoms with van der Waals surface area (Å²) in [6.07, 6.45) is 4.27. The maximum atomic E-state index is 13.0. The molecule has 24 heavy (non-hydrogen) atoms. The van der Waals surface area contributed by atoms with Crippen LogP contribution in [-0.4, -0.2) is 40.6 Å². The molecule has 1 N–H and O–H groups in total. The van der Waals surface area contributed by atoms with Crippen molar-refractivity contribution < 1.29 is 14.3 Å². The number of aromatic nitrogens is 1. The van der Waals surface area contributed by atoms with E-state index in [4.69, 9.17) is 11.6 Å². The van der Waals surface area contributed by atoms with Crippen molar-refractivity contribution in [1.29, 1.82) is 0 Å². The van der Waals surface area contributed by atoms with E-state index in [0.29, 0.717) is 36.5 Å². The molecule has 1 atom stereocenters. The lowest BCUT2D eigenvalue weighted by atomic mass is 9.81. The molecule has 3 rings (SSSR count). The lowest BCUT2D eigenvalue weighted by Crippen LogP contribution is -2.35. The van der Waals surface area contributed by atoms with Gasteiger partial charge in [-0.25, -0.2) is 4.39 Å². The number of carbonyl (C=O) groups is 1. The number of nitrogens with zero attached hydrogens (tertiary/aromatic N) is 2. The molecule has 0 bridgehead atoms. The predicted octanol–water partition coefficient (Wildman–Crippen LogP) is 2.94. The zero-order valence-corrected chi connectivity index (χ0v) is 13.8. The molecular formula is C18H18ClFN2O2. The summed E-state index contributed by atoms with van der Waals surface area (Å²) in [6.45, 7) is 0.987. The van der Waals surface area contributed by atoms with Crippen LogP contribution in [0.15, 0.2) is 42.7 Å². The van der Waals surface area contributed by atoms with Crippen LogP contribution in [0, 0.1) is 11.2 Å². The van der Waals surface area contributed by atoms with E-state index in [1.807, 2.05) is 0 Å². The Kier molecular flexibility index (Phi) is 4.83. The number of hydrogen-bond acceptors (Lipinski definition) is 3. The summed E-state index contributed by atoms with van der Waals surface area (Å²) in [6, 6.07) is 7.86. The predicted molar refractivity (Wildman–Crippen MR) is 89.4 cm³/mol. The molecule has 0 radical (unpaired) electrons. The second-order valence-corrected chi connectivity index (χ2v) is 6.77. The first-order valence-corrected chi connectivity index (χ1v) is 8.14. The van der Waals surface area contributed by atoms with E-state index < -0.39 is 5.41 Å². The quantitative estimate of drug-likeness (QED) is 0.924. The van der Waals surface area contributed by atoms with Crippen LogP contribution >= 0.6 is 11.6 Å². The maximum Gasteiger partial charge on any atom is 0.255 e. The number of aliphatic hydroxyl groups is 1. The molecule has 1 fully saturated rings. The Morgan fingerprint density at radius 3 is 2.75 bits per heavy atom. The summed E-state index contributed by atoms with van der Waals surface area (Å²) in [4.78, 5) is 18.3. The van der Waals surface area contributed by atoms with Gasteiger partial charge in [0.1, 0.15) is 5.82 Å². The minimum atomic E-state index is -0.403. The molecule has 0 aliphatic carbocycles. The Morgan fingerprint density at radius 1 is 1.33 bits per heavy atom. The van der Waals surface area contributed by atoms with Gasteiger partial charge in [0.25, 0.3) is 5.91 Å². The first-order chi connectivity index (χ1) is 11.5. The molecule has 2 aromatic rings. The number of halogens is 2. The van der Waals surface area contributed by atoms with Gasteiger partial charge in [0.05, 0.1) is 17.2 Å². The zero-order valence-electron chi connectivity index (χ0n) is 13.1. The number of carbonyl (C=O) groups excluding carboxylic acids is 1. The first-order valence-electron chi connectivity index (χ1n) is 7.76. The van der Waals surface area contributed by atoms with Crippen LogP contribution in [0.3, 0.4) is 0 Å². The van der Waals surface area contributed by atoms with Gasteiger partial charge in [0.2, 0.25) is 0 Å². The van der Waals surface area contributed by atoms with Crippen LogP contribution in [0.5, 0.6) is 0 Å². The third-order valence-corrected chi connectivity index (χ3v) is 4.71. The average Bonchev–Trinajstić information content (AvgIpc) is 3.01. The molecule has 1 aromatic carbocycles. The van der Waals surface area contributed by atoms with Crippen LogP contribution in [0.2, 0.25) is 5.02 Å². The molecule has 1 aliphatic rings. The third-order valence-electron chi connectivity index (χ3n) is 4.51. The summed E-state index contributed by atoms with van der Waals surface area (Å²) in [5.74, 6) is -0.423. The van der Waals surface area contributed by atoms with E-state index in [9.17, 15) is 14.3 Å². The molecule has 1 saturated heterocycles. The Balaban J connectivity index is 1.74. The molecule has 1 aromatic heterocycles. The van der Waals surface area contributed by atoms with Crippen LogP contribution in [-0.2, 0) is 6.42 Å². The van der Waals surface area contributed by atoms with E-state index in [1.165, 1.54) is 24.5 Å². The van der Waals surface area contributed by atoms with Gasteiger partial charge in [0.15, 0.2) is 0 Å². The maximum absolute atomic E-state index is 13.0. The molecule has 2 heterocycles. The fourth-order valence-corrected chi connectivity index (χ4v) is 3.36. The van der Waals surface area contributed by atoms with Crippen LogP contribution < -0.4 is 0 Å². The molecular weight excluding hydrogens is 331 g/mol. The van der Waals surface area contributed by atoms with Crippen molar-refractivity contribution in [2.75, 3.05) is 19.7 Å². The van der Waals surface area contributed by atoms with Gasteiger partial charge in [-0.15, -0.1) is 0 Å². The SMILES string of the molecule is O=C(c1cncc(Cl)c1)N1CCC(CO)(Cc2ccc(F)cc2)C1. The number of rotatable bonds is 4. The van der Waals surface area contributed by atoms with Crippen molar-refractivity contribution in [3.8, 4) is 0 Å². The second-order valence-electron chi connectivity index (χ2n) is 6.33. The van der Waals surface area contributed by atoms with Gasteiger partial charge in [-0.1, -0.05) is 23.7 Å². The van der Waals surface area contributed by atoms with E-state index >= 15 is 0 Å². The monoisotopic (exact) mass is 348 g/mol. The highest BCUT2D eigenvalue weighted by molar-refractivity contribution is 6.30. The van der Waals surface area contributed by atoms with E-state index in [0.717, 1.165) is 5.56 Å². The smallest absolute Gasteiger partial charge is 0.255 e. The normalized spacial score (nSPS) is 20.4. The van der Waals surface area contributed by atoms with Crippen molar-refractivity contribution >= 4 is 17.5 Å². The van der Waals surface area contributed by atoms with Gasteiger partial charge >= 0.3 is 0 Å². The molecule has 1 amide bonds. The minimum absolute atomic E-state index is 0.0258. The van der Waals surface area contributed by atoms with Crippen LogP contribution in [0.1, 0.15) is 22.3 Å². The molecule has 6 heteroatoms. The topological polar surface area (TPSA) is 53.4 Å². The molecule has 0 saturated carbocycles. The minimum Gasteiger partial charge on any atom is -0.396 e. The highest BCUT2D eigenvalue weighted by Crippen LogP contribution is 2.34. The lowest BCUT2D eigenvalue weighted by molar-refractivity contribution is 0.0739. The van der Waals surface area contributed by atoms with Crippen molar-refractivity contribution in [3.63, 3.8) is 0 Å². The average molecular weight is 349 g/mol. The molecule has 1 aliphatic heterocycles. The van der Waals surface area contributed by atoms with Crippen molar-refractivity contribution in [3.05, 3.63) is 64.7 Å². The van der Waals surface area contributed by atoms with Gasteiger partial charge in [-0.3, -0.25) is 9.78 Å². The molecule has 126 valence electrons. The van der Waals surface area contributed by atoms with Crippen molar-refractivity contribution in [1.82, 2.24) is 9.88 Å². The van der Waals surface area contributed by atoms with E-state index in [-0.39, 0.29) is 18.3 Å². The summed E-state index contributed by atoms with van der Waals surface area (Å²) >= 11 is 5.90. The number of hydrogen-bond donors (Lipinski definition) is 1. The summed E-state index contributed by atoms with van der Waals surface area (Å²) < 4.78 is 13.0. The Labute approximate surface area is 144 Å². The first kappa shape index (κ1) is 16.9. The molecule has 1 unspecified atom stereocenters. The third kappa shape index (κ3) is 3.57. The fraction of sp³-hybridized carbons (Fsp3) is 0.333. The number of benzene rings is 1. The number of amides is 1. The Hall–Kier alpha value is -1.98. The standard InChI is InChI=1S/C18H18ClFN2O2/c19-15-7-14(9-21-10-15)17(24)22-6-5-18(11-22,12-23)8-13-1-3-16(20)4-2-13/h1-4,7,9-10,23H,5-6,8,11-12H2. The second kappa shape index (κ2) is 6.87. The van der Waals surface area contributed by atoms with Gasteiger partial charge < -0.3 is 10.0 Å². The summed E-state index contributed by atoms with van der Waals surface area (Å²) in [7, 11) is 0. The Bertz CT molecular complexity index is 738. The highest BCUT2D eigenvalue weighted by Gasteiger charge is 2.39. The van der Waals surface area contributed by atoms with Crippen molar-refractivity contribution in [2.45, 2.75) is 12.8 Å². The fourth-order valence-electron chi connectivity index (χ4n) is 3.18.